The maximum atomic E-state index is 13.3. The number of para-hydroxylation sites is 2. The van der Waals surface area contributed by atoms with Crippen LogP contribution in [0.25, 0.3) is 16.8 Å². The van der Waals surface area contributed by atoms with E-state index in [4.69, 9.17) is 0 Å². The Bertz CT molecular complexity index is 1320. The molecule has 0 radical (unpaired) electrons. The third-order valence-corrected chi connectivity index (χ3v) is 6.09. The van der Waals surface area contributed by atoms with E-state index in [0.717, 1.165) is 27.8 Å². The lowest BCUT2D eigenvalue weighted by Gasteiger charge is -2.16. The second kappa shape index (κ2) is 7.68. The van der Waals surface area contributed by atoms with Gasteiger partial charge in [0, 0.05) is 5.69 Å². The van der Waals surface area contributed by atoms with Crippen molar-refractivity contribution < 1.29 is 4.79 Å². The Kier molecular flexibility index (Phi) is 4.72. The Morgan fingerprint density at radius 1 is 1.00 bits per heavy atom. The van der Waals surface area contributed by atoms with Gasteiger partial charge < -0.3 is 5.32 Å². The molecule has 30 heavy (non-hydrogen) atoms. The van der Waals surface area contributed by atoms with Crippen LogP contribution in [0.4, 0.5) is 5.69 Å². The summed E-state index contributed by atoms with van der Waals surface area (Å²) in [5, 5.41) is 10.7. The average molecular weight is 414 g/mol. The van der Waals surface area contributed by atoms with Crippen molar-refractivity contribution in [3.05, 3.63) is 90.0 Å². The van der Waals surface area contributed by atoms with E-state index in [1.807, 2.05) is 90.2 Å². The molecule has 2 N–H and O–H groups in total. The number of carbonyl (C=O) groups is 1. The van der Waals surface area contributed by atoms with Crippen LogP contribution in [-0.2, 0) is 4.79 Å². The van der Waals surface area contributed by atoms with Gasteiger partial charge in [-0.05, 0) is 36.8 Å². The Hall–Kier alpha value is -3.58. The number of benzene rings is 3. The van der Waals surface area contributed by atoms with E-state index in [1.54, 1.807) is 0 Å². The monoisotopic (exact) mass is 413 g/mol. The van der Waals surface area contributed by atoms with Crippen LogP contribution in [0.15, 0.2) is 84.0 Å². The van der Waals surface area contributed by atoms with E-state index in [1.165, 1.54) is 11.8 Å². The van der Waals surface area contributed by atoms with E-state index in [2.05, 4.69) is 20.5 Å². The molecule has 1 amide bonds. The van der Waals surface area contributed by atoms with E-state index < -0.39 is 5.25 Å². The summed E-state index contributed by atoms with van der Waals surface area (Å²) >= 11 is 1.40. The number of aryl methyl sites for hydroxylation is 1. The molecular formula is C23H19N5OS. The number of fused-ring (bicyclic) bond motifs is 3. The van der Waals surface area contributed by atoms with Crippen LogP contribution in [0.5, 0.6) is 0 Å². The number of amides is 1. The molecule has 3 aromatic carbocycles. The molecule has 0 saturated carbocycles. The molecule has 6 nitrogen and oxygen atoms in total. The number of anilines is 1. The molecule has 2 heterocycles. The van der Waals surface area contributed by atoms with Crippen molar-refractivity contribution in [2.75, 3.05) is 5.32 Å². The first-order valence-corrected chi connectivity index (χ1v) is 10.5. The second-order valence-corrected chi connectivity index (χ2v) is 8.10. The number of aromatic amines is 1. The highest BCUT2D eigenvalue weighted by Crippen LogP contribution is 2.36. The first-order chi connectivity index (χ1) is 14.7. The van der Waals surface area contributed by atoms with Gasteiger partial charge in [-0.2, -0.15) is 0 Å². The van der Waals surface area contributed by atoms with Gasteiger partial charge in [-0.25, -0.2) is 10.1 Å². The van der Waals surface area contributed by atoms with Crippen LogP contribution in [0.3, 0.4) is 0 Å². The van der Waals surface area contributed by atoms with Crippen LogP contribution in [-0.4, -0.2) is 25.5 Å². The number of H-pyrrole nitrogens is 1. The van der Waals surface area contributed by atoms with Crippen molar-refractivity contribution in [2.45, 2.75) is 17.3 Å². The lowest BCUT2D eigenvalue weighted by atomic mass is 10.1. The molecule has 7 heteroatoms. The Balaban J connectivity index is 1.52. The third-order valence-electron chi connectivity index (χ3n) is 4.89. The molecule has 2 aromatic heterocycles. The number of aromatic nitrogens is 4. The Morgan fingerprint density at radius 3 is 2.53 bits per heavy atom. The molecule has 0 saturated heterocycles. The highest BCUT2D eigenvalue weighted by molar-refractivity contribution is 8.00. The predicted molar refractivity (Wildman–Crippen MR) is 120 cm³/mol. The van der Waals surface area contributed by atoms with E-state index in [9.17, 15) is 4.79 Å². The minimum atomic E-state index is -0.472. The van der Waals surface area contributed by atoms with Crippen LogP contribution in [0.1, 0.15) is 16.4 Å². The van der Waals surface area contributed by atoms with Gasteiger partial charge in [0.2, 0.25) is 11.7 Å². The molecule has 0 bridgehead atoms. The van der Waals surface area contributed by atoms with Crippen LogP contribution >= 0.6 is 11.8 Å². The topological polar surface area (TPSA) is 75.1 Å². The molecule has 0 fully saturated rings. The molecule has 0 aliphatic carbocycles. The van der Waals surface area contributed by atoms with Gasteiger partial charge in [0.05, 0.1) is 11.0 Å². The minimum Gasteiger partial charge on any atom is -0.325 e. The SMILES string of the molecule is Cc1ccc(NC(=O)C(Sc2n[nH]c3nc4ccccc4n23)c2ccccc2)cc1. The fourth-order valence-electron chi connectivity index (χ4n) is 3.37. The highest BCUT2D eigenvalue weighted by Gasteiger charge is 2.25. The zero-order valence-corrected chi connectivity index (χ0v) is 17.1. The summed E-state index contributed by atoms with van der Waals surface area (Å²) in [5.41, 5.74) is 4.66. The minimum absolute atomic E-state index is 0.101. The summed E-state index contributed by atoms with van der Waals surface area (Å²) in [5.74, 6) is 0.556. The number of nitrogens with zero attached hydrogens (tertiary/aromatic N) is 3. The zero-order chi connectivity index (χ0) is 20.5. The molecule has 0 aliphatic rings. The number of carbonyl (C=O) groups excluding carboxylic acids is 1. The number of hydrogen-bond acceptors (Lipinski definition) is 4. The predicted octanol–water partition coefficient (Wildman–Crippen LogP) is 4.99. The first-order valence-electron chi connectivity index (χ1n) is 9.60. The zero-order valence-electron chi connectivity index (χ0n) is 16.2. The summed E-state index contributed by atoms with van der Waals surface area (Å²) in [6.45, 7) is 2.02. The van der Waals surface area contributed by atoms with Gasteiger partial charge >= 0.3 is 0 Å². The smallest absolute Gasteiger partial charge is 0.242 e. The van der Waals surface area contributed by atoms with Crippen molar-refractivity contribution >= 4 is 40.2 Å². The highest BCUT2D eigenvalue weighted by atomic mass is 32.2. The van der Waals surface area contributed by atoms with Crippen molar-refractivity contribution in [3.63, 3.8) is 0 Å². The normalized spacial score (nSPS) is 12.3. The maximum absolute atomic E-state index is 13.3. The second-order valence-electron chi connectivity index (χ2n) is 7.03. The molecule has 1 unspecified atom stereocenters. The van der Waals surface area contributed by atoms with Gasteiger partial charge in [-0.15, -0.1) is 5.10 Å². The largest absolute Gasteiger partial charge is 0.325 e. The number of hydrogen-bond donors (Lipinski definition) is 2. The van der Waals surface area contributed by atoms with E-state index in [0.29, 0.717) is 10.9 Å². The standard InChI is InChI=1S/C23H19N5OS/c1-15-11-13-17(14-12-15)24-21(29)20(16-7-3-2-4-8-16)30-23-27-26-22-25-18-9-5-6-10-19(18)28(22)23/h2-14,20H,1H3,(H,24,29)(H,25,26). The summed E-state index contributed by atoms with van der Waals surface area (Å²) in [7, 11) is 0. The van der Waals surface area contributed by atoms with Gasteiger partial charge in [0.25, 0.3) is 0 Å². The van der Waals surface area contributed by atoms with E-state index in [-0.39, 0.29) is 5.91 Å². The van der Waals surface area contributed by atoms with Crippen molar-refractivity contribution in [3.8, 4) is 0 Å². The molecule has 1 atom stereocenters. The number of nitrogens with one attached hydrogen (secondary N) is 2. The van der Waals surface area contributed by atoms with Crippen molar-refractivity contribution in [2.24, 2.45) is 0 Å². The van der Waals surface area contributed by atoms with Gasteiger partial charge in [0.1, 0.15) is 5.25 Å². The fourth-order valence-corrected chi connectivity index (χ4v) is 4.43. The molecule has 5 aromatic rings. The lowest BCUT2D eigenvalue weighted by Crippen LogP contribution is -2.19. The summed E-state index contributed by atoms with van der Waals surface area (Å²) < 4.78 is 1.95. The lowest BCUT2D eigenvalue weighted by molar-refractivity contribution is -0.115. The maximum Gasteiger partial charge on any atom is 0.242 e. The summed E-state index contributed by atoms with van der Waals surface area (Å²) in [6.07, 6.45) is 0. The Morgan fingerprint density at radius 2 is 1.73 bits per heavy atom. The van der Waals surface area contributed by atoms with Gasteiger partial charge in [-0.1, -0.05) is 71.9 Å². The average Bonchev–Trinajstić information content (AvgIpc) is 3.33. The molecule has 0 aliphatic heterocycles. The first kappa shape index (κ1) is 18.4. The van der Waals surface area contributed by atoms with Gasteiger partial charge in [0.15, 0.2) is 5.16 Å². The van der Waals surface area contributed by atoms with Crippen LogP contribution in [0.2, 0.25) is 0 Å². The van der Waals surface area contributed by atoms with E-state index >= 15 is 0 Å². The summed E-state index contributed by atoms with van der Waals surface area (Å²) in [4.78, 5) is 17.8. The molecule has 0 spiro atoms. The van der Waals surface area contributed by atoms with Crippen molar-refractivity contribution in [1.82, 2.24) is 19.6 Å². The third kappa shape index (κ3) is 3.44. The Labute approximate surface area is 177 Å². The molecule has 5 rings (SSSR count). The number of rotatable bonds is 5. The van der Waals surface area contributed by atoms with Crippen LogP contribution in [0, 0.1) is 6.92 Å². The van der Waals surface area contributed by atoms with Crippen molar-refractivity contribution in [1.29, 1.82) is 0 Å². The van der Waals surface area contributed by atoms with Gasteiger partial charge in [-0.3, -0.25) is 9.20 Å². The molecule has 148 valence electrons. The van der Waals surface area contributed by atoms with Crippen LogP contribution < -0.4 is 5.32 Å². The fraction of sp³-hybridized carbons (Fsp3) is 0.0870. The molecular weight excluding hydrogens is 394 g/mol. The number of thioether (sulfide) groups is 1. The number of imidazole rings is 1. The summed E-state index contributed by atoms with van der Waals surface area (Å²) in [6, 6.07) is 25.4. The quantitative estimate of drug-likeness (QED) is 0.398.